The first kappa shape index (κ1) is 8.59. The number of allylic oxidation sites excluding steroid dienone is 4. The van der Waals surface area contributed by atoms with Crippen LogP contribution in [-0.2, 0) is 10.3 Å². The van der Waals surface area contributed by atoms with E-state index >= 15 is 0 Å². The van der Waals surface area contributed by atoms with Gasteiger partial charge in [-0.3, -0.25) is 0 Å². The van der Waals surface area contributed by atoms with E-state index in [0.717, 1.165) is 0 Å². The maximum Gasteiger partial charge on any atom is 0.233 e. The lowest BCUT2D eigenvalue weighted by atomic mass is 10.1. The van der Waals surface area contributed by atoms with Gasteiger partial charge in [-0.1, -0.05) is 6.08 Å². The highest BCUT2D eigenvalue weighted by molar-refractivity contribution is 7.75. The third-order valence-corrected chi connectivity index (χ3v) is 2.39. The molecule has 1 aliphatic carbocycles. The second kappa shape index (κ2) is 3.05. The second-order valence-corrected chi connectivity index (χ2v) is 3.43. The molecule has 0 amide bonds. The molecule has 1 heterocycles. The zero-order valence-corrected chi connectivity index (χ0v) is 7.61. The Morgan fingerprint density at radius 1 is 1.36 bits per heavy atom. The van der Waals surface area contributed by atoms with Gasteiger partial charge < -0.3 is 0 Å². The molecule has 0 N–H and O–H groups in total. The molecule has 14 heavy (non-hydrogen) atoms. The minimum absolute atomic E-state index is 0.0158. The molecule has 0 aromatic carbocycles. The largest absolute Gasteiger partial charge is 0.233 e. The van der Waals surface area contributed by atoms with Crippen molar-refractivity contribution in [2.24, 2.45) is 9.98 Å². The molecule has 5 nitrogen and oxygen atoms in total. The monoisotopic (exact) mass is 205 g/mol. The van der Waals surface area contributed by atoms with Gasteiger partial charge in [-0.2, -0.15) is 13.7 Å². The Labute approximate surface area is 80.9 Å². The number of aliphatic imine (C=N–C) groups is 2. The highest BCUT2D eigenvalue weighted by Gasteiger charge is 2.22. The Bertz CT molecular complexity index is 589. The van der Waals surface area contributed by atoms with Crippen LogP contribution in [0.15, 0.2) is 33.9 Å². The summed E-state index contributed by atoms with van der Waals surface area (Å²) in [5.74, 6) is -0.0158. The number of hydrogen-bond donors (Lipinski definition) is 0. The van der Waals surface area contributed by atoms with E-state index in [9.17, 15) is 8.42 Å². The molecular weight excluding hydrogens is 202 g/mol. The van der Waals surface area contributed by atoms with Crippen molar-refractivity contribution in [1.82, 2.24) is 0 Å². The highest BCUT2D eigenvalue weighted by atomic mass is 32.2. The van der Waals surface area contributed by atoms with Crippen molar-refractivity contribution in [3.8, 4) is 6.07 Å². The molecule has 6 heteroatoms. The van der Waals surface area contributed by atoms with Crippen molar-refractivity contribution in [3.05, 3.63) is 23.9 Å². The second-order valence-electron chi connectivity index (χ2n) is 2.52. The molecule has 0 saturated heterocycles. The quantitative estimate of drug-likeness (QED) is 0.516. The summed E-state index contributed by atoms with van der Waals surface area (Å²) in [5.41, 5.74) is 0.667. The van der Waals surface area contributed by atoms with Gasteiger partial charge in [-0.05, 0) is 12.2 Å². The van der Waals surface area contributed by atoms with E-state index < -0.39 is 10.3 Å². The van der Waals surface area contributed by atoms with E-state index in [0.29, 0.717) is 5.70 Å². The van der Waals surface area contributed by atoms with Gasteiger partial charge in [0.2, 0.25) is 16.1 Å². The van der Waals surface area contributed by atoms with Crippen molar-refractivity contribution in [2.75, 3.05) is 0 Å². The van der Waals surface area contributed by atoms with Crippen LogP contribution in [0.3, 0.4) is 0 Å². The third-order valence-electron chi connectivity index (χ3n) is 1.70. The summed E-state index contributed by atoms with van der Waals surface area (Å²) >= 11 is 0. The van der Waals surface area contributed by atoms with Crippen molar-refractivity contribution in [1.29, 1.82) is 5.26 Å². The van der Waals surface area contributed by atoms with Gasteiger partial charge in [0, 0.05) is 0 Å². The van der Waals surface area contributed by atoms with Crippen LogP contribution < -0.4 is 0 Å². The van der Waals surface area contributed by atoms with Gasteiger partial charge in [0.05, 0.1) is 5.70 Å². The van der Waals surface area contributed by atoms with E-state index in [4.69, 9.17) is 5.26 Å². The minimum Gasteiger partial charge on any atom is -0.217 e. The Kier molecular flexibility index (Phi) is 1.87. The van der Waals surface area contributed by atoms with E-state index in [1.165, 1.54) is 6.08 Å². The molecule has 1 aliphatic heterocycles. The van der Waals surface area contributed by atoms with Gasteiger partial charge in [0.1, 0.15) is 16.6 Å². The zero-order valence-electron chi connectivity index (χ0n) is 6.80. The lowest BCUT2D eigenvalue weighted by molar-refractivity contribution is 0.627. The summed E-state index contributed by atoms with van der Waals surface area (Å²) in [5, 5.41) is 8.54. The summed E-state index contributed by atoms with van der Waals surface area (Å²) in [4.78, 5) is 7.68. The Hall–Kier alpha value is -2.00. The van der Waals surface area contributed by atoms with Gasteiger partial charge in [-0.15, -0.1) is 0 Å². The molecule has 0 unspecified atom stereocenters. The summed E-state index contributed by atoms with van der Waals surface area (Å²) in [6, 6.07) is 1.76. The average Bonchev–Trinajstić information content (AvgIpc) is 2.59. The number of hydrogen-bond acceptors (Lipinski definition) is 5. The molecule has 0 radical (unpaired) electrons. The molecule has 0 atom stereocenters. The normalized spacial score (nSPS) is 17.9. The van der Waals surface area contributed by atoms with E-state index in [2.05, 4.69) is 9.98 Å². The number of nitriles is 1. The van der Waals surface area contributed by atoms with Crippen LogP contribution in [0.5, 0.6) is 0 Å². The molecule has 0 spiro atoms. The van der Waals surface area contributed by atoms with E-state index in [-0.39, 0.29) is 16.4 Å². The number of nitrogens with zero attached hydrogens (tertiary/aromatic N) is 3. The number of rotatable bonds is 0. The van der Waals surface area contributed by atoms with Gasteiger partial charge in [0.25, 0.3) is 0 Å². The molecule has 0 bridgehead atoms. The Morgan fingerprint density at radius 3 is 2.79 bits per heavy atom. The molecule has 0 fully saturated rings. The van der Waals surface area contributed by atoms with E-state index in [1.54, 1.807) is 18.2 Å². The maximum atomic E-state index is 10.8. The van der Waals surface area contributed by atoms with Crippen molar-refractivity contribution in [3.63, 3.8) is 0 Å². The zero-order chi connectivity index (χ0) is 10.1. The predicted molar refractivity (Wildman–Crippen MR) is 51.6 cm³/mol. The minimum atomic E-state index is -2.35. The molecule has 2 rings (SSSR count). The smallest absolute Gasteiger partial charge is 0.217 e. The molecule has 2 aliphatic rings. The van der Waals surface area contributed by atoms with E-state index in [1.807, 2.05) is 0 Å². The van der Waals surface area contributed by atoms with Crippen LogP contribution in [0.2, 0.25) is 0 Å². The summed E-state index contributed by atoms with van der Waals surface area (Å²) in [6.45, 7) is 0. The summed E-state index contributed by atoms with van der Waals surface area (Å²) in [7, 11) is -2.35. The van der Waals surface area contributed by atoms with Crippen LogP contribution in [0.25, 0.3) is 0 Å². The summed E-state index contributed by atoms with van der Waals surface area (Å²) in [6.07, 6.45) is 4.59. The predicted octanol–water partition coefficient (Wildman–Crippen LogP) is -0.132. The first-order chi connectivity index (χ1) is 6.72. The average molecular weight is 205 g/mol. The number of amidine groups is 1. The molecule has 0 aromatic rings. The van der Waals surface area contributed by atoms with Crippen molar-refractivity contribution in [2.45, 2.75) is 0 Å². The fourth-order valence-corrected chi connectivity index (χ4v) is 1.64. The van der Waals surface area contributed by atoms with Crippen LogP contribution in [0.4, 0.5) is 0 Å². The highest BCUT2D eigenvalue weighted by Crippen LogP contribution is 2.15. The Morgan fingerprint density at radius 2 is 2.14 bits per heavy atom. The van der Waals surface area contributed by atoms with Gasteiger partial charge >= 0.3 is 0 Å². The van der Waals surface area contributed by atoms with Crippen LogP contribution in [0.1, 0.15) is 0 Å². The van der Waals surface area contributed by atoms with Crippen molar-refractivity contribution >= 4 is 26.7 Å². The van der Waals surface area contributed by atoms with Crippen LogP contribution in [0, 0.1) is 11.3 Å². The lowest BCUT2D eigenvalue weighted by Crippen LogP contribution is -2.15. The fourth-order valence-electron chi connectivity index (χ4n) is 1.14. The van der Waals surface area contributed by atoms with Gasteiger partial charge in [-0.25, -0.2) is 9.98 Å². The lowest BCUT2D eigenvalue weighted by Gasteiger charge is -2.00. The first-order valence-corrected chi connectivity index (χ1v) is 4.72. The van der Waals surface area contributed by atoms with Crippen molar-refractivity contribution < 1.29 is 8.42 Å². The first-order valence-electron chi connectivity index (χ1n) is 3.65. The Balaban J connectivity index is 2.66. The third kappa shape index (κ3) is 1.20. The molecular formula is C8H3N3O2S. The van der Waals surface area contributed by atoms with Crippen LogP contribution in [-0.4, -0.2) is 24.8 Å². The van der Waals surface area contributed by atoms with Crippen LogP contribution >= 0.6 is 0 Å². The molecule has 0 aromatic heterocycles. The topological polar surface area (TPSA) is 82.6 Å². The summed E-state index contributed by atoms with van der Waals surface area (Å²) < 4.78 is 21.5. The van der Waals surface area contributed by atoms with Gasteiger partial charge in [0.15, 0.2) is 0 Å². The SMILES string of the molecule is N#CC1=NC2=CC=CC(=S(=O)=O)C2=N1. The fraction of sp³-hybridized carbons (Fsp3) is 0. The molecule has 0 saturated carbocycles. The standard InChI is InChI=1S/C8H3N3O2S/c9-4-7-10-5-2-1-3-6(14(12)13)8(5)11-7/h1-3H. The maximum absolute atomic E-state index is 10.8. The number of fused-ring (bicyclic) bond motifs is 1. The molecule has 68 valence electrons.